The number of ether oxygens (including phenoxy) is 1. The highest BCUT2D eigenvalue weighted by atomic mass is 35.5. The Labute approximate surface area is 247 Å². The molecule has 3 fully saturated rings. The molecule has 3 saturated heterocycles. The van der Waals surface area contributed by atoms with E-state index in [2.05, 4.69) is 57.0 Å². The summed E-state index contributed by atoms with van der Waals surface area (Å²) in [5, 5.41) is 13.3. The highest BCUT2D eigenvalue weighted by Gasteiger charge is 2.35. The van der Waals surface area contributed by atoms with Crippen LogP contribution in [0.25, 0.3) is 0 Å². The van der Waals surface area contributed by atoms with Crippen molar-refractivity contribution < 1.29 is 4.74 Å². The van der Waals surface area contributed by atoms with Crippen molar-refractivity contribution >= 4 is 17.5 Å². The van der Waals surface area contributed by atoms with Gasteiger partial charge >= 0.3 is 0 Å². The van der Waals surface area contributed by atoms with Gasteiger partial charge in [-0.15, -0.1) is 0 Å². The highest BCUT2D eigenvalue weighted by Crippen LogP contribution is 2.34. The Morgan fingerprint density at radius 3 is 2.46 bits per heavy atom. The third kappa shape index (κ3) is 6.34. The molecular formula is C32H38ClN7O. The Hall–Kier alpha value is -3.22. The van der Waals surface area contributed by atoms with E-state index in [9.17, 15) is 5.26 Å². The monoisotopic (exact) mass is 571 g/mol. The molecule has 0 aliphatic carbocycles. The third-order valence-electron chi connectivity index (χ3n) is 8.85. The first-order chi connectivity index (χ1) is 19.9. The predicted molar refractivity (Wildman–Crippen MR) is 161 cm³/mol. The fourth-order valence-corrected chi connectivity index (χ4v) is 6.21. The Balaban J connectivity index is 1.00. The molecule has 3 aliphatic heterocycles. The van der Waals surface area contributed by atoms with Gasteiger partial charge in [-0.2, -0.15) is 5.26 Å². The van der Waals surface area contributed by atoms with Crippen LogP contribution in [0, 0.1) is 17.2 Å². The lowest BCUT2D eigenvalue weighted by molar-refractivity contribution is 0.0157. The molecule has 0 atom stereocenters. The lowest BCUT2D eigenvalue weighted by Gasteiger charge is -2.49. The fourth-order valence-electron chi connectivity index (χ4n) is 5.98. The maximum Gasteiger partial charge on any atom is 0.225 e. The van der Waals surface area contributed by atoms with Crippen molar-refractivity contribution in [1.29, 1.82) is 5.26 Å². The van der Waals surface area contributed by atoms with Crippen LogP contribution < -0.4 is 15.0 Å². The summed E-state index contributed by atoms with van der Waals surface area (Å²) in [6.45, 7) is 14.7. The molecule has 2 aromatic carbocycles. The number of halogens is 1. The summed E-state index contributed by atoms with van der Waals surface area (Å²) in [6.07, 6.45) is 1.83. The molecular weight excluding hydrogens is 534 g/mol. The van der Waals surface area contributed by atoms with Gasteiger partial charge in [-0.05, 0) is 53.4 Å². The van der Waals surface area contributed by atoms with Crippen molar-refractivity contribution in [2.24, 2.45) is 5.92 Å². The molecule has 0 spiro atoms. The molecule has 1 N–H and O–H groups in total. The van der Waals surface area contributed by atoms with Crippen molar-refractivity contribution in [3.8, 4) is 11.8 Å². The Kier molecular flexibility index (Phi) is 8.14. The van der Waals surface area contributed by atoms with Gasteiger partial charge in [0, 0.05) is 81.6 Å². The van der Waals surface area contributed by atoms with E-state index in [4.69, 9.17) is 21.3 Å². The summed E-state index contributed by atoms with van der Waals surface area (Å²) in [5.74, 6) is 2.42. The number of benzene rings is 2. The molecule has 4 heterocycles. The SMILES string of the molecule is CC(C)(c1ccc(OCc2ccnc(N3CCN(C4CN(CC5CNC5)C4)CC3)n2)cc1)c1cc(Cl)cc(C#N)c1. The molecule has 214 valence electrons. The zero-order valence-electron chi connectivity index (χ0n) is 23.9. The Morgan fingerprint density at radius 2 is 1.78 bits per heavy atom. The minimum Gasteiger partial charge on any atom is -0.487 e. The van der Waals surface area contributed by atoms with Gasteiger partial charge in [-0.1, -0.05) is 37.6 Å². The minimum absolute atomic E-state index is 0.313. The van der Waals surface area contributed by atoms with E-state index in [0.29, 0.717) is 23.2 Å². The van der Waals surface area contributed by atoms with Gasteiger partial charge < -0.3 is 15.0 Å². The lowest BCUT2D eigenvalue weighted by Crippen LogP contribution is -2.65. The first-order valence-corrected chi connectivity index (χ1v) is 14.9. The van der Waals surface area contributed by atoms with Crippen LogP contribution in [-0.4, -0.2) is 84.7 Å². The quantitative estimate of drug-likeness (QED) is 0.414. The number of hydrogen-bond acceptors (Lipinski definition) is 8. The van der Waals surface area contributed by atoms with Gasteiger partial charge in [0.2, 0.25) is 5.95 Å². The van der Waals surface area contributed by atoms with Gasteiger partial charge in [0.05, 0.1) is 17.3 Å². The number of nitrogens with one attached hydrogen (secondary N) is 1. The van der Waals surface area contributed by atoms with Crippen molar-refractivity contribution in [2.45, 2.75) is 31.9 Å². The molecule has 6 rings (SSSR count). The largest absolute Gasteiger partial charge is 0.487 e. The lowest BCUT2D eigenvalue weighted by atomic mass is 9.78. The summed E-state index contributed by atoms with van der Waals surface area (Å²) in [4.78, 5) is 16.9. The number of rotatable bonds is 9. The van der Waals surface area contributed by atoms with E-state index in [1.54, 1.807) is 6.07 Å². The zero-order chi connectivity index (χ0) is 28.4. The number of nitriles is 1. The second kappa shape index (κ2) is 11.9. The molecule has 41 heavy (non-hydrogen) atoms. The van der Waals surface area contributed by atoms with Crippen molar-refractivity contribution in [2.75, 3.05) is 63.8 Å². The fraction of sp³-hybridized carbons (Fsp3) is 0.469. The normalized spacial score (nSPS) is 18.9. The van der Waals surface area contributed by atoms with E-state index in [-0.39, 0.29) is 5.41 Å². The second-order valence-electron chi connectivity index (χ2n) is 12.0. The first kappa shape index (κ1) is 27.9. The minimum atomic E-state index is -0.313. The van der Waals surface area contributed by atoms with Crippen LogP contribution in [0.15, 0.2) is 54.7 Å². The zero-order valence-corrected chi connectivity index (χ0v) is 24.6. The molecule has 9 heteroatoms. The summed E-state index contributed by atoms with van der Waals surface area (Å²) in [6, 6.07) is 18.4. The molecule has 0 bridgehead atoms. The smallest absolute Gasteiger partial charge is 0.225 e. The summed E-state index contributed by atoms with van der Waals surface area (Å²) in [5.41, 5.74) is 3.23. The second-order valence-corrected chi connectivity index (χ2v) is 12.5. The summed E-state index contributed by atoms with van der Waals surface area (Å²) < 4.78 is 6.09. The summed E-state index contributed by atoms with van der Waals surface area (Å²) in [7, 11) is 0. The number of nitrogens with zero attached hydrogens (tertiary/aromatic N) is 6. The number of anilines is 1. The average Bonchev–Trinajstić information content (AvgIpc) is 2.94. The van der Waals surface area contributed by atoms with Crippen molar-refractivity contribution in [1.82, 2.24) is 25.1 Å². The molecule has 1 aromatic heterocycles. The van der Waals surface area contributed by atoms with E-state index >= 15 is 0 Å². The Bertz CT molecular complexity index is 1390. The van der Waals surface area contributed by atoms with E-state index in [1.807, 2.05) is 36.5 Å². The summed E-state index contributed by atoms with van der Waals surface area (Å²) >= 11 is 6.27. The predicted octanol–water partition coefficient (Wildman–Crippen LogP) is 3.93. The van der Waals surface area contributed by atoms with Crippen LogP contribution in [0.4, 0.5) is 5.95 Å². The maximum absolute atomic E-state index is 9.34. The number of hydrogen-bond donors (Lipinski definition) is 1. The standard InChI is InChI=1S/C32H38ClN7O/c1-32(2,26-13-23(16-34)14-27(33)15-26)25-3-5-30(6-4-25)41-22-28-7-8-36-31(37-28)40-11-9-39(10-12-40)29-20-38(21-29)19-24-17-35-18-24/h3-8,13-15,24,29,35H,9-12,17-22H2,1-2H3. The van der Waals surface area contributed by atoms with Crippen LogP contribution in [0.5, 0.6) is 5.75 Å². The maximum atomic E-state index is 9.34. The van der Waals surface area contributed by atoms with Crippen LogP contribution >= 0.6 is 11.6 Å². The highest BCUT2D eigenvalue weighted by molar-refractivity contribution is 6.30. The van der Waals surface area contributed by atoms with E-state index < -0.39 is 0 Å². The average molecular weight is 572 g/mol. The van der Waals surface area contributed by atoms with Gasteiger partial charge in [0.25, 0.3) is 0 Å². The molecule has 8 nitrogen and oxygen atoms in total. The van der Waals surface area contributed by atoms with Crippen LogP contribution in [0.3, 0.4) is 0 Å². The van der Waals surface area contributed by atoms with Gasteiger partial charge in [0.15, 0.2) is 0 Å². The third-order valence-corrected chi connectivity index (χ3v) is 9.06. The van der Waals surface area contributed by atoms with E-state index in [0.717, 1.165) is 60.6 Å². The number of likely N-dealkylation sites (tertiary alicyclic amines) is 1. The van der Waals surface area contributed by atoms with Crippen molar-refractivity contribution in [3.63, 3.8) is 0 Å². The Morgan fingerprint density at radius 1 is 1.02 bits per heavy atom. The number of piperazine rings is 1. The van der Waals surface area contributed by atoms with Crippen LogP contribution in [-0.2, 0) is 12.0 Å². The topological polar surface area (TPSA) is 80.6 Å². The van der Waals surface area contributed by atoms with Gasteiger partial charge in [-0.3, -0.25) is 9.80 Å². The molecule has 0 saturated carbocycles. The molecule has 0 unspecified atom stereocenters. The molecule has 0 amide bonds. The molecule has 3 aromatic rings. The van der Waals surface area contributed by atoms with Crippen LogP contribution in [0.2, 0.25) is 5.02 Å². The first-order valence-electron chi connectivity index (χ1n) is 14.6. The number of aromatic nitrogens is 2. The van der Waals surface area contributed by atoms with Gasteiger partial charge in [0.1, 0.15) is 12.4 Å². The van der Waals surface area contributed by atoms with E-state index in [1.165, 1.54) is 32.7 Å². The molecule has 3 aliphatic rings. The van der Waals surface area contributed by atoms with Gasteiger partial charge in [-0.25, -0.2) is 9.97 Å². The molecule has 0 radical (unpaired) electrons. The van der Waals surface area contributed by atoms with Crippen LogP contribution in [0.1, 0.15) is 36.2 Å². The van der Waals surface area contributed by atoms with Crippen molar-refractivity contribution in [3.05, 3.63) is 82.1 Å².